The molecule has 0 radical (unpaired) electrons. The van der Waals surface area contributed by atoms with Crippen molar-refractivity contribution in [3.05, 3.63) is 64.0 Å². The number of nitrogens with one attached hydrogen (secondary N) is 1. The minimum atomic E-state index is -0.505. The molecule has 0 aliphatic carbocycles. The minimum absolute atomic E-state index is 0.122. The molecule has 7 nitrogen and oxygen atoms in total. The number of nitrogens with zero attached hydrogens (tertiary/aromatic N) is 3. The maximum Gasteiger partial charge on any atom is 0.293 e. The first-order chi connectivity index (χ1) is 12.5. The molecule has 8 heteroatoms. The van der Waals surface area contributed by atoms with E-state index in [0.717, 1.165) is 5.69 Å². The Balaban J connectivity index is 1.69. The molecule has 1 aliphatic heterocycles. The predicted octanol–water partition coefficient (Wildman–Crippen LogP) is 2.74. The lowest BCUT2D eigenvalue weighted by Crippen LogP contribution is -2.48. The van der Waals surface area contributed by atoms with Crippen LogP contribution < -0.4 is 10.2 Å². The first-order valence-electron chi connectivity index (χ1n) is 8.25. The van der Waals surface area contributed by atoms with Crippen molar-refractivity contribution in [3.63, 3.8) is 0 Å². The number of nitro benzene ring substituents is 1. The summed E-state index contributed by atoms with van der Waals surface area (Å²) in [4.78, 5) is 27.1. The molecule has 0 saturated carbocycles. The fraction of sp³-hybridized carbons (Fsp3) is 0.278. The van der Waals surface area contributed by atoms with Crippen LogP contribution in [-0.2, 0) is 0 Å². The molecule has 136 valence electrons. The summed E-state index contributed by atoms with van der Waals surface area (Å²) in [6, 6.07) is 10.7. The number of anilines is 2. The van der Waals surface area contributed by atoms with Crippen molar-refractivity contribution in [2.24, 2.45) is 0 Å². The highest BCUT2D eigenvalue weighted by Gasteiger charge is 2.24. The molecular weight excluding hydrogens is 339 g/mol. The summed E-state index contributed by atoms with van der Waals surface area (Å²) in [6.07, 6.45) is 0. The van der Waals surface area contributed by atoms with Crippen molar-refractivity contribution in [1.29, 1.82) is 0 Å². The number of piperazine rings is 1. The van der Waals surface area contributed by atoms with Crippen molar-refractivity contribution < 1.29 is 14.1 Å². The third-order valence-corrected chi connectivity index (χ3v) is 4.47. The van der Waals surface area contributed by atoms with Crippen LogP contribution in [0.5, 0.6) is 0 Å². The smallest absolute Gasteiger partial charge is 0.293 e. The molecule has 2 aromatic rings. The summed E-state index contributed by atoms with van der Waals surface area (Å²) in [7, 11) is 1.60. The molecule has 1 fully saturated rings. The second-order valence-electron chi connectivity index (χ2n) is 5.99. The van der Waals surface area contributed by atoms with Crippen molar-refractivity contribution in [1.82, 2.24) is 4.90 Å². The topological polar surface area (TPSA) is 78.7 Å². The van der Waals surface area contributed by atoms with Crippen LogP contribution in [0.2, 0.25) is 0 Å². The van der Waals surface area contributed by atoms with E-state index in [4.69, 9.17) is 0 Å². The van der Waals surface area contributed by atoms with Gasteiger partial charge in [-0.25, -0.2) is 4.39 Å². The molecule has 1 amide bonds. The Bertz CT molecular complexity index is 818. The zero-order valence-electron chi connectivity index (χ0n) is 14.3. The Morgan fingerprint density at radius 2 is 1.77 bits per heavy atom. The largest absolute Gasteiger partial charge is 0.383 e. The normalized spacial score (nSPS) is 14.2. The van der Waals surface area contributed by atoms with Gasteiger partial charge in [0.15, 0.2) is 0 Å². The lowest BCUT2D eigenvalue weighted by molar-refractivity contribution is -0.384. The van der Waals surface area contributed by atoms with Gasteiger partial charge in [0.05, 0.1) is 4.92 Å². The van der Waals surface area contributed by atoms with Crippen molar-refractivity contribution in [3.8, 4) is 0 Å². The molecule has 1 aliphatic rings. The van der Waals surface area contributed by atoms with E-state index in [2.05, 4.69) is 10.2 Å². The van der Waals surface area contributed by atoms with Crippen LogP contribution >= 0.6 is 0 Å². The van der Waals surface area contributed by atoms with E-state index in [1.807, 2.05) is 0 Å². The van der Waals surface area contributed by atoms with Gasteiger partial charge in [0.2, 0.25) is 0 Å². The molecule has 0 bridgehead atoms. The number of nitro groups is 1. The average molecular weight is 358 g/mol. The van der Waals surface area contributed by atoms with Gasteiger partial charge in [-0.15, -0.1) is 0 Å². The molecule has 1 N–H and O–H groups in total. The number of halogens is 1. The van der Waals surface area contributed by atoms with Crippen molar-refractivity contribution in [2.75, 3.05) is 43.4 Å². The maximum atomic E-state index is 13.0. The summed E-state index contributed by atoms with van der Waals surface area (Å²) in [5, 5.41) is 13.9. The first kappa shape index (κ1) is 17.7. The zero-order chi connectivity index (χ0) is 18.7. The number of benzene rings is 2. The second kappa shape index (κ2) is 7.38. The highest BCUT2D eigenvalue weighted by Crippen LogP contribution is 2.26. The van der Waals surface area contributed by atoms with Gasteiger partial charge < -0.3 is 15.1 Å². The Labute approximate surface area is 150 Å². The summed E-state index contributed by atoms with van der Waals surface area (Å²) in [5.74, 6) is -0.510. The van der Waals surface area contributed by atoms with E-state index in [9.17, 15) is 19.3 Å². The van der Waals surface area contributed by atoms with Crippen LogP contribution in [0.15, 0.2) is 42.5 Å². The lowest BCUT2D eigenvalue weighted by Gasteiger charge is -2.36. The molecule has 0 spiro atoms. The van der Waals surface area contributed by atoms with Crippen LogP contribution in [0.3, 0.4) is 0 Å². The number of hydrogen-bond acceptors (Lipinski definition) is 5. The van der Waals surface area contributed by atoms with E-state index in [-0.39, 0.29) is 17.4 Å². The number of carbonyl (C=O) groups is 1. The summed E-state index contributed by atoms with van der Waals surface area (Å²) < 4.78 is 13.0. The van der Waals surface area contributed by atoms with E-state index in [1.165, 1.54) is 18.2 Å². The van der Waals surface area contributed by atoms with Gasteiger partial charge in [0.25, 0.3) is 11.6 Å². The van der Waals surface area contributed by atoms with Crippen LogP contribution in [0.25, 0.3) is 0 Å². The second-order valence-corrected chi connectivity index (χ2v) is 5.99. The van der Waals surface area contributed by atoms with Gasteiger partial charge in [0.1, 0.15) is 11.5 Å². The third kappa shape index (κ3) is 3.58. The van der Waals surface area contributed by atoms with Crippen LogP contribution in [-0.4, -0.2) is 49.0 Å². The highest BCUT2D eigenvalue weighted by atomic mass is 19.1. The number of hydrogen-bond donors (Lipinski definition) is 1. The molecular formula is C18H19FN4O3. The maximum absolute atomic E-state index is 13.0. The zero-order valence-corrected chi connectivity index (χ0v) is 14.3. The van der Waals surface area contributed by atoms with Crippen LogP contribution in [0.4, 0.5) is 21.5 Å². The Hall–Kier alpha value is -3.16. The molecule has 0 atom stereocenters. The quantitative estimate of drug-likeness (QED) is 0.672. The monoisotopic (exact) mass is 358 g/mol. The highest BCUT2D eigenvalue weighted by molar-refractivity contribution is 5.96. The van der Waals surface area contributed by atoms with Gasteiger partial charge >= 0.3 is 0 Å². The first-order valence-corrected chi connectivity index (χ1v) is 8.25. The average Bonchev–Trinajstić information content (AvgIpc) is 2.67. The van der Waals surface area contributed by atoms with E-state index >= 15 is 0 Å². The summed E-state index contributed by atoms with van der Waals surface area (Å²) >= 11 is 0. The summed E-state index contributed by atoms with van der Waals surface area (Å²) in [6.45, 7) is 2.23. The van der Waals surface area contributed by atoms with E-state index in [0.29, 0.717) is 37.4 Å². The Morgan fingerprint density at radius 3 is 2.35 bits per heavy atom. The fourth-order valence-electron chi connectivity index (χ4n) is 3.03. The fourth-order valence-corrected chi connectivity index (χ4v) is 3.03. The molecule has 0 aromatic heterocycles. The van der Waals surface area contributed by atoms with Gasteiger partial charge in [-0.05, 0) is 36.4 Å². The molecule has 1 heterocycles. The molecule has 3 rings (SSSR count). The van der Waals surface area contributed by atoms with E-state index in [1.54, 1.807) is 36.2 Å². The number of amides is 1. The molecule has 26 heavy (non-hydrogen) atoms. The number of rotatable bonds is 4. The summed E-state index contributed by atoms with van der Waals surface area (Å²) in [5.41, 5.74) is 1.45. The standard InChI is InChI=1S/C18H19FN4O3/c1-20-16-7-2-13(12-17(16)23(25)26)18(24)22-10-8-21(9-11-22)15-5-3-14(19)4-6-15/h2-7,12,20H,8-11H2,1H3. The number of carbonyl (C=O) groups excluding carboxylic acids is 1. The third-order valence-electron chi connectivity index (χ3n) is 4.47. The molecule has 2 aromatic carbocycles. The van der Waals surface area contributed by atoms with Gasteiger partial charge in [0, 0.05) is 50.5 Å². The van der Waals surface area contributed by atoms with E-state index < -0.39 is 4.92 Å². The lowest BCUT2D eigenvalue weighted by atomic mass is 10.1. The van der Waals surface area contributed by atoms with Gasteiger partial charge in [-0.1, -0.05) is 0 Å². The Kier molecular flexibility index (Phi) is 5.01. The Morgan fingerprint density at radius 1 is 1.12 bits per heavy atom. The molecule has 0 unspecified atom stereocenters. The predicted molar refractivity (Wildman–Crippen MR) is 97.2 cm³/mol. The van der Waals surface area contributed by atoms with Crippen LogP contribution in [0.1, 0.15) is 10.4 Å². The minimum Gasteiger partial charge on any atom is -0.383 e. The van der Waals surface area contributed by atoms with Gasteiger partial charge in [-0.2, -0.15) is 0 Å². The molecule has 1 saturated heterocycles. The van der Waals surface area contributed by atoms with Crippen molar-refractivity contribution >= 4 is 23.0 Å². The van der Waals surface area contributed by atoms with Crippen molar-refractivity contribution in [2.45, 2.75) is 0 Å². The van der Waals surface area contributed by atoms with Gasteiger partial charge in [-0.3, -0.25) is 14.9 Å². The SMILES string of the molecule is CNc1ccc(C(=O)N2CCN(c3ccc(F)cc3)CC2)cc1[N+](=O)[O-]. The van der Waals surface area contributed by atoms with Crippen LogP contribution in [0, 0.1) is 15.9 Å².